The molecule has 0 radical (unpaired) electrons. The molecule has 2 atom stereocenters. The highest BCUT2D eigenvalue weighted by Crippen LogP contribution is 2.52. The first kappa shape index (κ1) is 11.1. The second-order valence-electron chi connectivity index (χ2n) is 5.84. The number of allylic oxidation sites excluding steroid dienone is 2. The molecule has 0 saturated heterocycles. The molecule has 2 aliphatic rings. The molecule has 0 amide bonds. The molecule has 2 nitrogen and oxygen atoms in total. The zero-order valence-electron chi connectivity index (χ0n) is 10.6. The number of nitriles is 2. The largest absolute Gasteiger partial charge is 0.192 e. The van der Waals surface area contributed by atoms with Crippen LogP contribution in [0, 0.1) is 28.6 Å². The number of fused-ring (bicyclic) bond motifs is 3. The van der Waals surface area contributed by atoms with Crippen molar-refractivity contribution in [1.82, 2.24) is 0 Å². The zero-order valence-corrected chi connectivity index (χ0v) is 10.6. The van der Waals surface area contributed by atoms with Gasteiger partial charge >= 0.3 is 0 Å². The van der Waals surface area contributed by atoms with E-state index in [0.717, 1.165) is 12.0 Å². The van der Waals surface area contributed by atoms with Crippen molar-refractivity contribution in [2.45, 2.75) is 31.6 Å². The average molecular weight is 234 g/mol. The van der Waals surface area contributed by atoms with Crippen LogP contribution in [0.4, 0.5) is 0 Å². The SMILES string of the molecule is CC1(C)C[C@H]2C=C[C@H]2c2ccc(C#N)c(C#N)c21. The maximum Gasteiger partial charge on any atom is 0.101 e. The summed E-state index contributed by atoms with van der Waals surface area (Å²) >= 11 is 0. The molecule has 1 aromatic carbocycles. The molecule has 0 heterocycles. The van der Waals surface area contributed by atoms with Crippen LogP contribution in [-0.2, 0) is 5.41 Å². The zero-order chi connectivity index (χ0) is 12.9. The van der Waals surface area contributed by atoms with Crippen LogP contribution in [0.25, 0.3) is 0 Å². The van der Waals surface area contributed by atoms with Crippen molar-refractivity contribution >= 4 is 0 Å². The van der Waals surface area contributed by atoms with E-state index < -0.39 is 0 Å². The standard InChI is InChI=1S/C16H14N2/c1-16(2)7-10-3-5-12(10)13-6-4-11(8-17)14(9-18)15(13)16/h3-6,10,12H,7H2,1-2H3/t10-,12-/m1/s1. The van der Waals surface area contributed by atoms with Crippen LogP contribution in [0.1, 0.15) is 48.4 Å². The molecule has 0 aromatic heterocycles. The van der Waals surface area contributed by atoms with E-state index in [1.165, 1.54) is 5.56 Å². The van der Waals surface area contributed by atoms with Gasteiger partial charge in [-0.25, -0.2) is 0 Å². The van der Waals surface area contributed by atoms with E-state index in [1.54, 1.807) is 6.07 Å². The van der Waals surface area contributed by atoms with Crippen LogP contribution >= 0.6 is 0 Å². The summed E-state index contributed by atoms with van der Waals surface area (Å²) in [7, 11) is 0. The highest BCUT2D eigenvalue weighted by molar-refractivity contribution is 5.59. The number of hydrogen-bond donors (Lipinski definition) is 0. The van der Waals surface area contributed by atoms with Crippen molar-refractivity contribution in [2.75, 3.05) is 0 Å². The summed E-state index contributed by atoms with van der Waals surface area (Å²) in [5.41, 5.74) is 3.40. The molecular formula is C16H14N2. The number of benzene rings is 1. The Morgan fingerprint density at radius 2 is 1.94 bits per heavy atom. The van der Waals surface area contributed by atoms with Crippen molar-refractivity contribution in [3.63, 3.8) is 0 Å². The average Bonchev–Trinajstić information content (AvgIpc) is 2.32. The summed E-state index contributed by atoms with van der Waals surface area (Å²) in [5, 5.41) is 18.5. The third-order valence-corrected chi connectivity index (χ3v) is 4.28. The topological polar surface area (TPSA) is 47.6 Å². The van der Waals surface area contributed by atoms with Crippen LogP contribution in [0.3, 0.4) is 0 Å². The summed E-state index contributed by atoms with van der Waals surface area (Å²) in [6.07, 6.45) is 5.54. The Morgan fingerprint density at radius 3 is 2.50 bits per heavy atom. The first-order valence-corrected chi connectivity index (χ1v) is 6.24. The fourth-order valence-electron chi connectivity index (χ4n) is 3.43. The van der Waals surface area contributed by atoms with Gasteiger partial charge in [0.1, 0.15) is 12.1 Å². The van der Waals surface area contributed by atoms with Crippen molar-refractivity contribution in [3.05, 3.63) is 46.5 Å². The molecule has 0 unspecified atom stereocenters. The Balaban J connectivity index is 2.33. The maximum absolute atomic E-state index is 9.39. The van der Waals surface area contributed by atoms with Crippen LogP contribution in [0.15, 0.2) is 24.3 Å². The molecule has 0 spiro atoms. The van der Waals surface area contributed by atoms with Gasteiger partial charge in [-0.05, 0) is 34.9 Å². The molecule has 0 N–H and O–H groups in total. The van der Waals surface area contributed by atoms with Crippen LogP contribution in [-0.4, -0.2) is 0 Å². The lowest BCUT2D eigenvalue weighted by atomic mass is 9.59. The summed E-state index contributed by atoms with van der Waals surface area (Å²) in [5.74, 6) is 1.06. The molecule has 2 aliphatic carbocycles. The Morgan fingerprint density at radius 1 is 1.17 bits per heavy atom. The fraction of sp³-hybridized carbons (Fsp3) is 0.375. The van der Waals surface area contributed by atoms with Crippen LogP contribution in [0.5, 0.6) is 0 Å². The predicted octanol–water partition coefficient (Wildman–Crippen LogP) is 3.38. The van der Waals surface area contributed by atoms with E-state index in [4.69, 9.17) is 5.26 Å². The molecule has 18 heavy (non-hydrogen) atoms. The predicted molar refractivity (Wildman–Crippen MR) is 68.9 cm³/mol. The lowest BCUT2D eigenvalue weighted by Crippen LogP contribution is -2.35. The molecule has 0 saturated carbocycles. The number of hydrogen-bond acceptors (Lipinski definition) is 2. The van der Waals surface area contributed by atoms with Gasteiger partial charge in [0.05, 0.1) is 11.1 Å². The van der Waals surface area contributed by atoms with Gasteiger partial charge in [-0.15, -0.1) is 0 Å². The molecule has 0 bridgehead atoms. The van der Waals surface area contributed by atoms with Gasteiger partial charge in [-0.3, -0.25) is 0 Å². The number of rotatable bonds is 0. The molecule has 1 aromatic rings. The third-order valence-electron chi connectivity index (χ3n) is 4.28. The fourth-order valence-corrected chi connectivity index (χ4v) is 3.43. The molecule has 0 fully saturated rings. The normalized spacial score (nSPS) is 26.2. The molecule has 2 heteroatoms. The smallest absolute Gasteiger partial charge is 0.101 e. The summed E-state index contributed by atoms with van der Waals surface area (Å²) in [6.45, 7) is 4.35. The maximum atomic E-state index is 9.39. The lowest BCUT2D eigenvalue weighted by Gasteiger charge is -2.45. The van der Waals surface area contributed by atoms with E-state index in [9.17, 15) is 5.26 Å². The van der Waals surface area contributed by atoms with E-state index in [-0.39, 0.29) is 5.41 Å². The number of nitrogens with zero attached hydrogens (tertiary/aromatic N) is 2. The van der Waals surface area contributed by atoms with Gasteiger partial charge in [0.25, 0.3) is 0 Å². The van der Waals surface area contributed by atoms with Gasteiger partial charge in [-0.1, -0.05) is 32.1 Å². The second kappa shape index (κ2) is 3.47. The van der Waals surface area contributed by atoms with Crippen LogP contribution < -0.4 is 0 Å². The Labute approximate surface area is 107 Å². The van der Waals surface area contributed by atoms with E-state index >= 15 is 0 Å². The first-order valence-electron chi connectivity index (χ1n) is 6.24. The van der Waals surface area contributed by atoms with Gasteiger partial charge < -0.3 is 0 Å². The summed E-state index contributed by atoms with van der Waals surface area (Å²) < 4.78 is 0. The van der Waals surface area contributed by atoms with Crippen molar-refractivity contribution in [3.8, 4) is 12.1 Å². The molecule has 88 valence electrons. The van der Waals surface area contributed by atoms with Gasteiger partial charge in [0.15, 0.2) is 0 Å². The highest BCUT2D eigenvalue weighted by atomic mass is 14.5. The van der Waals surface area contributed by atoms with Crippen molar-refractivity contribution in [2.24, 2.45) is 5.92 Å². The van der Waals surface area contributed by atoms with E-state index in [1.807, 2.05) is 6.07 Å². The van der Waals surface area contributed by atoms with E-state index in [2.05, 4.69) is 38.1 Å². The Bertz CT molecular complexity index is 638. The molecule has 0 aliphatic heterocycles. The van der Waals surface area contributed by atoms with Gasteiger partial charge in [0.2, 0.25) is 0 Å². The van der Waals surface area contributed by atoms with Gasteiger partial charge in [0, 0.05) is 5.92 Å². The second-order valence-corrected chi connectivity index (χ2v) is 5.84. The Hall–Kier alpha value is -2.06. The molecule has 3 rings (SSSR count). The van der Waals surface area contributed by atoms with E-state index in [0.29, 0.717) is 23.0 Å². The lowest BCUT2D eigenvalue weighted by molar-refractivity contribution is 0.329. The Kier molecular flexibility index (Phi) is 2.13. The minimum Gasteiger partial charge on any atom is -0.192 e. The molecular weight excluding hydrogens is 220 g/mol. The summed E-state index contributed by atoms with van der Waals surface area (Å²) in [4.78, 5) is 0. The minimum absolute atomic E-state index is 0.0286. The monoisotopic (exact) mass is 234 g/mol. The van der Waals surface area contributed by atoms with Crippen molar-refractivity contribution < 1.29 is 0 Å². The minimum atomic E-state index is -0.0286. The van der Waals surface area contributed by atoms with Crippen molar-refractivity contribution in [1.29, 1.82) is 10.5 Å². The highest BCUT2D eigenvalue weighted by Gasteiger charge is 2.42. The van der Waals surface area contributed by atoms with Gasteiger partial charge in [-0.2, -0.15) is 10.5 Å². The third kappa shape index (κ3) is 1.27. The van der Waals surface area contributed by atoms with Crippen LogP contribution in [0.2, 0.25) is 0 Å². The summed E-state index contributed by atoms with van der Waals surface area (Å²) in [6, 6.07) is 8.21. The quantitative estimate of drug-likeness (QED) is 0.646. The first-order chi connectivity index (χ1) is 8.58.